The topological polar surface area (TPSA) is 24.7 Å². The second-order valence-electron chi connectivity index (χ2n) is 3.42. The predicted octanol–water partition coefficient (Wildman–Crippen LogP) is 5.99. The van der Waals surface area contributed by atoms with Crippen LogP contribution in [0.5, 0.6) is 0 Å². The molecular formula is C12H8Cl2N2S2. The summed E-state index contributed by atoms with van der Waals surface area (Å²) < 4.78 is 0. The monoisotopic (exact) mass is 314 g/mol. The summed E-state index contributed by atoms with van der Waals surface area (Å²) in [4.78, 5) is 1.31. The maximum absolute atomic E-state index is 6.05. The number of hydrogen-bond acceptors (Lipinski definition) is 4. The van der Waals surface area contributed by atoms with Gasteiger partial charge in [0, 0.05) is 9.79 Å². The van der Waals surface area contributed by atoms with Crippen LogP contribution >= 0.6 is 48.5 Å². The van der Waals surface area contributed by atoms with Gasteiger partial charge in [-0.2, -0.15) is 0 Å². The summed E-state index contributed by atoms with van der Waals surface area (Å²) in [5.74, 6) is 0. The lowest BCUT2D eigenvalue weighted by Crippen LogP contribution is -1.73. The molecule has 0 atom stereocenters. The quantitative estimate of drug-likeness (QED) is 0.503. The van der Waals surface area contributed by atoms with Crippen LogP contribution in [0, 0.1) is 0 Å². The summed E-state index contributed by atoms with van der Waals surface area (Å²) in [6.45, 7) is 0. The van der Waals surface area contributed by atoms with Crippen LogP contribution in [0.3, 0.4) is 0 Å². The first kappa shape index (κ1) is 13.7. The molecule has 0 aromatic heterocycles. The molecule has 0 saturated carbocycles. The standard InChI is InChI=1S/C12H8Cl2N2S2/c13-11-7(3-1-5-9(11)17)15-16-8-4-2-6-10(18)12(8)14/h1-6,17-18H. The Balaban J connectivity index is 2.36. The molecule has 0 aliphatic carbocycles. The van der Waals surface area contributed by atoms with E-state index in [0.29, 0.717) is 31.2 Å². The van der Waals surface area contributed by atoms with Crippen LogP contribution in [-0.2, 0) is 0 Å². The molecule has 2 rings (SSSR count). The molecule has 92 valence electrons. The number of thiol groups is 2. The minimum absolute atomic E-state index is 0.461. The molecule has 2 aromatic rings. The highest BCUT2D eigenvalue weighted by molar-refractivity contribution is 7.80. The van der Waals surface area contributed by atoms with Gasteiger partial charge in [-0.1, -0.05) is 35.3 Å². The van der Waals surface area contributed by atoms with Crippen molar-refractivity contribution in [1.82, 2.24) is 0 Å². The molecule has 0 fully saturated rings. The number of rotatable bonds is 2. The van der Waals surface area contributed by atoms with Crippen molar-refractivity contribution in [1.29, 1.82) is 0 Å². The summed E-state index contributed by atoms with van der Waals surface area (Å²) in [7, 11) is 0. The lowest BCUT2D eigenvalue weighted by molar-refractivity contribution is 1.21. The number of hydrogen-bond donors (Lipinski definition) is 2. The third kappa shape index (κ3) is 3.01. The molecule has 0 aliphatic rings. The van der Waals surface area contributed by atoms with E-state index in [1.807, 2.05) is 0 Å². The van der Waals surface area contributed by atoms with E-state index in [9.17, 15) is 0 Å². The van der Waals surface area contributed by atoms with Gasteiger partial charge in [-0.15, -0.1) is 35.5 Å². The Kier molecular flexibility index (Phi) is 4.56. The van der Waals surface area contributed by atoms with E-state index in [-0.39, 0.29) is 0 Å². The van der Waals surface area contributed by atoms with E-state index in [0.717, 1.165) is 0 Å². The fourth-order valence-corrected chi connectivity index (χ4v) is 2.01. The van der Waals surface area contributed by atoms with Crippen molar-refractivity contribution in [2.24, 2.45) is 10.2 Å². The highest BCUT2D eigenvalue weighted by Gasteiger charge is 2.04. The second kappa shape index (κ2) is 5.97. The fourth-order valence-electron chi connectivity index (χ4n) is 1.28. The Morgan fingerprint density at radius 2 is 1.11 bits per heavy atom. The maximum Gasteiger partial charge on any atom is 0.105 e. The SMILES string of the molecule is Sc1cccc(N=Nc2cccc(S)c2Cl)c1Cl. The van der Waals surface area contributed by atoms with Crippen molar-refractivity contribution in [3.63, 3.8) is 0 Å². The second-order valence-corrected chi connectivity index (χ2v) is 5.14. The minimum atomic E-state index is 0.461. The summed E-state index contributed by atoms with van der Waals surface area (Å²) in [6, 6.07) is 10.7. The van der Waals surface area contributed by atoms with Crippen molar-refractivity contribution in [3.8, 4) is 0 Å². The smallest absolute Gasteiger partial charge is 0.105 e. The third-order valence-electron chi connectivity index (χ3n) is 2.18. The van der Waals surface area contributed by atoms with Gasteiger partial charge in [0.2, 0.25) is 0 Å². The van der Waals surface area contributed by atoms with Crippen molar-refractivity contribution < 1.29 is 0 Å². The van der Waals surface area contributed by atoms with E-state index < -0.39 is 0 Å². The number of halogens is 2. The molecule has 0 saturated heterocycles. The van der Waals surface area contributed by atoms with Gasteiger partial charge in [0.25, 0.3) is 0 Å². The molecule has 0 bridgehead atoms. The zero-order chi connectivity index (χ0) is 13.1. The first-order chi connectivity index (χ1) is 8.59. The van der Waals surface area contributed by atoms with E-state index in [4.69, 9.17) is 23.2 Å². The number of benzene rings is 2. The Hall–Kier alpha value is -0.680. The van der Waals surface area contributed by atoms with Crippen molar-refractivity contribution >= 4 is 59.8 Å². The fraction of sp³-hybridized carbons (Fsp3) is 0. The zero-order valence-electron chi connectivity index (χ0n) is 9.01. The Labute approximate surface area is 126 Å². The lowest BCUT2D eigenvalue weighted by Gasteiger charge is -2.01. The molecule has 0 amide bonds. The van der Waals surface area contributed by atoms with Gasteiger partial charge in [-0.25, -0.2) is 0 Å². The highest BCUT2D eigenvalue weighted by atomic mass is 35.5. The molecule has 2 aromatic carbocycles. The average Bonchev–Trinajstić information content (AvgIpc) is 2.36. The lowest BCUT2D eigenvalue weighted by atomic mass is 10.3. The number of nitrogens with zero attached hydrogens (tertiary/aromatic N) is 2. The summed E-state index contributed by atoms with van der Waals surface area (Å²) >= 11 is 20.5. The Morgan fingerprint density at radius 1 is 0.722 bits per heavy atom. The molecule has 0 unspecified atom stereocenters. The van der Waals surface area contributed by atoms with Crippen molar-refractivity contribution in [2.45, 2.75) is 9.79 Å². The van der Waals surface area contributed by atoms with E-state index >= 15 is 0 Å². The van der Waals surface area contributed by atoms with Gasteiger partial charge in [0.05, 0.1) is 10.0 Å². The molecule has 0 N–H and O–H groups in total. The van der Waals surface area contributed by atoms with Crippen LogP contribution in [0.1, 0.15) is 0 Å². The van der Waals surface area contributed by atoms with E-state index in [1.165, 1.54) is 0 Å². The van der Waals surface area contributed by atoms with Crippen LogP contribution in [0.2, 0.25) is 10.0 Å². The first-order valence-electron chi connectivity index (χ1n) is 4.96. The molecule has 2 nitrogen and oxygen atoms in total. The van der Waals surface area contributed by atoms with Gasteiger partial charge >= 0.3 is 0 Å². The van der Waals surface area contributed by atoms with E-state index in [1.54, 1.807) is 36.4 Å². The van der Waals surface area contributed by atoms with Gasteiger partial charge in [0.15, 0.2) is 0 Å². The van der Waals surface area contributed by atoms with Crippen LogP contribution in [0.25, 0.3) is 0 Å². The van der Waals surface area contributed by atoms with Crippen LogP contribution < -0.4 is 0 Å². The molecule has 0 radical (unpaired) electrons. The predicted molar refractivity (Wildman–Crippen MR) is 81.6 cm³/mol. The van der Waals surface area contributed by atoms with Crippen LogP contribution in [0.15, 0.2) is 56.4 Å². The number of azo groups is 1. The van der Waals surface area contributed by atoms with Crippen LogP contribution in [0.4, 0.5) is 11.4 Å². The summed E-state index contributed by atoms with van der Waals surface area (Å²) in [5.41, 5.74) is 1.09. The Bertz CT molecular complexity index is 562. The van der Waals surface area contributed by atoms with Gasteiger partial charge in [0.1, 0.15) is 11.4 Å². The van der Waals surface area contributed by atoms with Gasteiger partial charge in [-0.3, -0.25) is 0 Å². The average molecular weight is 315 g/mol. The van der Waals surface area contributed by atoms with Gasteiger partial charge < -0.3 is 0 Å². The Morgan fingerprint density at radius 3 is 1.50 bits per heavy atom. The highest BCUT2D eigenvalue weighted by Crippen LogP contribution is 2.34. The molecule has 0 spiro atoms. The third-order valence-corrected chi connectivity index (χ3v) is 3.98. The minimum Gasteiger partial charge on any atom is -0.149 e. The van der Waals surface area contributed by atoms with Crippen molar-refractivity contribution in [2.75, 3.05) is 0 Å². The molecule has 6 heteroatoms. The molecular weight excluding hydrogens is 307 g/mol. The van der Waals surface area contributed by atoms with Gasteiger partial charge in [-0.05, 0) is 24.3 Å². The first-order valence-corrected chi connectivity index (χ1v) is 6.61. The normalized spacial score (nSPS) is 11.1. The summed E-state index contributed by atoms with van der Waals surface area (Å²) in [5, 5.41) is 9.05. The van der Waals surface area contributed by atoms with Crippen molar-refractivity contribution in [3.05, 3.63) is 46.4 Å². The van der Waals surface area contributed by atoms with E-state index in [2.05, 4.69) is 35.5 Å². The molecule has 0 aliphatic heterocycles. The molecule has 0 heterocycles. The summed E-state index contributed by atoms with van der Waals surface area (Å²) in [6.07, 6.45) is 0. The van der Waals surface area contributed by atoms with Crippen LogP contribution in [-0.4, -0.2) is 0 Å². The maximum atomic E-state index is 6.05. The zero-order valence-corrected chi connectivity index (χ0v) is 12.3. The largest absolute Gasteiger partial charge is 0.149 e. The molecule has 18 heavy (non-hydrogen) atoms.